The zero-order valence-corrected chi connectivity index (χ0v) is 14.1. The largest absolute Gasteiger partial charge is 0.378 e. The van der Waals surface area contributed by atoms with Gasteiger partial charge in [0.25, 0.3) is 5.91 Å². The van der Waals surface area contributed by atoms with E-state index >= 15 is 0 Å². The number of nitrogens with zero attached hydrogens (tertiary/aromatic N) is 2. The Morgan fingerprint density at radius 1 is 1.43 bits per heavy atom. The van der Waals surface area contributed by atoms with E-state index in [1.54, 1.807) is 0 Å². The highest BCUT2D eigenvalue weighted by Gasteiger charge is 2.59. The quantitative estimate of drug-likeness (QED) is 0.835. The predicted molar refractivity (Wildman–Crippen MR) is 85.3 cm³/mol. The summed E-state index contributed by atoms with van der Waals surface area (Å²) in [4.78, 5) is 14.7. The summed E-state index contributed by atoms with van der Waals surface area (Å²) in [5.41, 5.74) is 0.631. The van der Waals surface area contributed by atoms with E-state index in [2.05, 4.69) is 12.1 Å². The number of amides is 1. The van der Waals surface area contributed by atoms with Gasteiger partial charge in [-0.2, -0.15) is 0 Å². The molecule has 0 aliphatic heterocycles. The molecule has 5 heteroatoms. The van der Waals surface area contributed by atoms with E-state index in [0.29, 0.717) is 17.7 Å². The maximum absolute atomic E-state index is 12.8. The van der Waals surface area contributed by atoms with E-state index in [-0.39, 0.29) is 17.4 Å². The van der Waals surface area contributed by atoms with Crippen LogP contribution in [0.2, 0.25) is 0 Å². The molecular formula is C18H26N2O3. The fourth-order valence-electron chi connectivity index (χ4n) is 4.67. The Hall–Kier alpha value is -1.36. The molecule has 2 atom stereocenters. The smallest absolute Gasteiger partial charge is 0.276 e. The highest BCUT2D eigenvalue weighted by molar-refractivity contribution is 5.92. The average molecular weight is 318 g/mol. The maximum atomic E-state index is 12.8. The van der Waals surface area contributed by atoms with E-state index in [1.165, 1.54) is 25.7 Å². The molecule has 23 heavy (non-hydrogen) atoms. The molecule has 1 heterocycles. The first-order valence-corrected chi connectivity index (χ1v) is 9.01. The summed E-state index contributed by atoms with van der Waals surface area (Å²) in [6, 6.07) is 2.12. The van der Waals surface area contributed by atoms with Crippen molar-refractivity contribution in [2.75, 3.05) is 13.7 Å². The zero-order valence-electron chi connectivity index (χ0n) is 14.1. The fourth-order valence-corrected chi connectivity index (χ4v) is 4.67. The van der Waals surface area contributed by atoms with Crippen molar-refractivity contribution >= 4 is 5.91 Å². The average Bonchev–Trinajstić information content (AvgIpc) is 3.07. The summed E-state index contributed by atoms with van der Waals surface area (Å²) < 4.78 is 11.3. The number of carbonyl (C=O) groups excluding carboxylic acids is 1. The molecule has 1 aromatic heterocycles. The van der Waals surface area contributed by atoms with Gasteiger partial charge in [0.05, 0.1) is 6.10 Å². The molecule has 3 aliphatic carbocycles. The molecule has 3 saturated carbocycles. The van der Waals surface area contributed by atoms with Crippen molar-refractivity contribution in [1.82, 2.24) is 10.1 Å². The van der Waals surface area contributed by atoms with Crippen LogP contribution in [-0.4, -0.2) is 41.8 Å². The molecule has 3 fully saturated rings. The van der Waals surface area contributed by atoms with Crippen LogP contribution in [0.5, 0.6) is 0 Å². The Balaban J connectivity index is 1.49. The zero-order chi connectivity index (χ0) is 16.0. The van der Waals surface area contributed by atoms with Crippen molar-refractivity contribution in [2.24, 2.45) is 5.41 Å². The molecule has 1 aromatic rings. The standard InChI is InChI=1S/C18H26N2O3/c1-3-22-16-11-15(18(16)8-4-5-9-18)20(2)17(21)13-10-14(23-19-13)12-6-7-12/h10,12,15-16H,3-9,11H2,1-2H3/t15-,16+/m1/s1. The summed E-state index contributed by atoms with van der Waals surface area (Å²) in [6.07, 6.45) is 8.41. The van der Waals surface area contributed by atoms with Crippen LogP contribution in [0.15, 0.2) is 10.6 Å². The van der Waals surface area contributed by atoms with Gasteiger partial charge in [0.2, 0.25) is 0 Å². The van der Waals surface area contributed by atoms with Gasteiger partial charge in [-0.3, -0.25) is 4.79 Å². The van der Waals surface area contributed by atoms with Crippen LogP contribution < -0.4 is 0 Å². The second-order valence-electron chi connectivity index (χ2n) is 7.44. The van der Waals surface area contributed by atoms with Gasteiger partial charge in [-0.15, -0.1) is 0 Å². The van der Waals surface area contributed by atoms with Crippen LogP contribution in [0.3, 0.4) is 0 Å². The van der Waals surface area contributed by atoms with Gasteiger partial charge < -0.3 is 14.2 Å². The maximum Gasteiger partial charge on any atom is 0.276 e. The minimum atomic E-state index is -0.00752. The Morgan fingerprint density at radius 2 is 2.17 bits per heavy atom. The molecule has 4 rings (SSSR count). The molecule has 3 aliphatic rings. The predicted octanol–water partition coefficient (Wildman–Crippen LogP) is 3.36. The van der Waals surface area contributed by atoms with Crippen LogP contribution in [0.4, 0.5) is 0 Å². The van der Waals surface area contributed by atoms with Gasteiger partial charge in [0.1, 0.15) is 5.76 Å². The Morgan fingerprint density at radius 3 is 2.83 bits per heavy atom. The van der Waals surface area contributed by atoms with E-state index in [4.69, 9.17) is 9.26 Å². The van der Waals surface area contributed by atoms with Gasteiger partial charge in [-0.1, -0.05) is 18.0 Å². The van der Waals surface area contributed by atoms with Gasteiger partial charge in [-0.05, 0) is 39.0 Å². The number of carbonyl (C=O) groups is 1. The molecule has 0 aromatic carbocycles. The van der Waals surface area contributed by atoms with Crippen molar-refractivity contribution in [2.45, 2.75) is 69.9 Å². The van der Waals surface area contributed by atoms with Crippen molar-refractivity contribution in [1.29, 1.82) is 0 Å². The lowest BCUT2D eigenvalue weighted by Gasteiger charge is -2.56. The minimum Gasteiger partial charge on any atom is -0.378 e. The van der Waals surface area contributed by atoms with E-state index in [9.17, 15) is 4.79 Å². The summed E-state index contributed by atoms with van der Waals surface area (Å²) >= 11 is 0. The first-order valence-electron chi connectivity index (χ1n) is 9.01. The van der Waals surface area contributed by atoms with Crippen molar-refractivity contribution < 1.29 is 14.1 Å². The lowest BCUT2D eigenvalue weighted by molar-refractivity contribution is -0.152. The number of hydrogen-bond acceptors (Lipinski definition) is 4. The Kier molecular flexibility index (Phi) is 3.71. The molecule has 0 N–H and O–H groups in total. The summed E-state index contributed by atoms with van der Waals surface area (Å²) in [7, 11) is 1.92. The lowest BCUT2D eigenvalue weighted by atomic mass is 9.60. The van der Waals surface area contributed by atoms with Gasteiger partial charge in [0.15, 0.2) is 5.69 Å². The van der Waals surface area contributed by atoms with Gasteiger partial charge >= 0.3 is 0 Å². The van der Waals surface area contributed by atoms with Crippen molar-refractivity contribution in [3.63, 3.8) is 0 Å². The van der Waals surface area contributed by atoms with E-state index in [0.717, 1.165) is 31.6 Å². The molecule has 5 nitrogen and oxygen atoms in total. The van der Waals surface area contributed by atoms with Crippen LogP contribution in [-0.2, 0) is 4.74 Å². The molecule has 1 spiro atoms. The molecule has 1 amide bonds. The monoisotopic (exact) mass is 318 g/mol. The third kappa shape index (κ3) is 2.40. The van der Waals surface area contributed by atoms with Crippen LogP contribution in [0, 0.1) is 5.41 Å². The third-order valence-electron chi connectivity index (χ3n) is 6.16. The third-order valence-corrected chi connectivity index (χ3v) is 6.16. The van der Waals surface area contributed by atoms with Crippen LogP contribution >= 0.6 is 0 Å². The number of ether oxygens (including phenoxy) is 1. The van der Waals surface area contributed by atoms with Crippen LogP contribution in [0.25, 0.3) is 0 Å². The molecule has 0 radical (unpaired) electrons. The molecule has 0 bridgehead atoms. The highest BCUT2D eigenvalue weighted by atomic mass is 16.5. The first kappa shape index (κ1) is 15.2. The van der Waals surface area contributed by atoms with Crippen molar-refractivity contribution in [3.8, 4) is 0 Å². The summed E-state index contributed by atoms with van der Waals surface area (Å²) in [5.74, 6) is 1.35. The second kappa shape index (κ2) is 5.62. The summed E-state index contributed by atoms with van der Waals surface area (Å²) in [5, 5.41) is 4.01. The minimum absolute atomic E-state index is 0.00752. The lowest BCUT2D eigenvalue weighted by Crippen LogP contribution is -2.64. The number of rotatable bonds is 5. The molecule has 0 unspecified atom stereocenters. The second-order valence-corrected chi connectivity index (χ2v) is 7.44. The molecule has 0 saturated heterocycles. The van der Waals surface area contributed by atoms with E-state index in [1.807, 2.05) is 18.0 Å². The normalized spacial score (nSPS) is 28.8. The highest BCUT2D eigenvalue weighted by Crippen LogP contribution is 2.56. The molecular weight excluding hydrogens is 292 g/mol. The van der Waals surface area contributed by atoms with E-state index < -0.39 is 0 Å². The fraction of sp³-hybridized carbons (Fsp3) is 0.778. The molecule has 126 valence electrons. The summed E-state index contributed by atoms with van der Waals surface area (Å²) in [6.45, 7) is 2.81. The number of aromatic nitrogens is 1. The Labute approximate surface area is 137 Å². The SMILES string of the molecule is CCO[C@H]1C[C@@H](N(C)C(=O)c2cc(C3CC3)on2)C12CCCC2. The number of hydrogen-bond donors (Lipinski definition) is 0. The first-order chi connectivity index (χ1) is 11.2. The van der Waals surface area contributed by atoms with Crippen molar-refractivity contribution in [3.05, 3.63) is 17.5 Å². The van der Waals surface area contributed by atoms with Crippen LogP contribution in [0.1, 0.15) is 74.0 Å². The van der Waals surface area contributed by atoms with Gasteiger partial charge in [-0.25, -0.2) is 0 Å². The Bertz CT molecular complexity index is 587. The topological polar surface area (TPSA) is 55.6 Å². The van der Waals surface area contributed by atoms with Gasteiger partial charge in [0, 0.05) is 37.1 Å².